The molecule has 0 radical (unpaired) electrons. The molecule has 1 saturated heterocycles. The molecule has 1 aliphatic heterocycles. The second-order valence-electron chi connectivity index (χ2n) is 6.35. The van der Waals surface area contributed by atoms with Crippen LogP contribution in [-0.4, -0.2) is 62.1 Å². The largest absolute Gasteiger partial charge is 0.379 e. The molecular formula is C18H28N4O3. The first-order valence-electron chi connectivity index (χ1n) is 8.78. The standard InChI is InChI=1S/C18H28N4O3/c1-14(19)2-7-17(23)21-16-5-3-15(4-6-16)18(24)20-8-9-22-10-12-25-13-11-22/h3-6,14H,2,7-13,19H2,1H3,(H,20,24)(H,21,23). The average molecular weight is 348 g/mol. The first-order chi connectivity index (χ1) is 12.0. The van der Waals surface area contributed by atoms with Gasteiger partial charge in [-0.2, -0.15) is 0 Å². The number of benzene rings is 1. The van der Waals surface area contributed by atoms with Crippen molar-refractivity contribution >= 4 is 17.5 Å². The third-order valence-electron chi connectivity index (χ3n) is 4.07. The minimum atomic E-state index is -0.108. The molecule has 0 spiro atoms. The number of nitrogens with one attached hydrogen (secondary N) is 2. The van der Waals surface area contributed by atoms with Crippen LogP contribution in [0, 0.1) is 0 Å². The van der Waals surface area contributed by atoms with Gasteiger partial charge in [-0.05, 0) is 37.6 Å². The molecule has 1 fully saturated rings. The average Bonchev–Trinajstić information content (AvgIpc) is 2.61. The van der Waals surface area contributed by atoms with Crippen LogP contribution < -0.4 is 16.4 Å². The topological polar surface area (TPSA) is 96.7 Å². The minimum Gasteiger partial charge on any atom is -0.379 e. The van der Waals surface area contributed by atoms with E-state index in [1.165, 1.54) is 0 Å². The number of amides is 2. The molecule has 0 bridgehead atoms. The van der Waals surface area contributed by atoms with E-state index in [1.54, 1.807) is 24.3 Å². The zero-order valence-electron chi connectivity index (χ0n) is 14.8. The van der Waals surface area contributed by atoms with Gasteiger partial charge in [0.25, 0.3) is 5.91 Å². The fourth-order valence-electron chi connectivity index (χ4n) is 2.54. The van der Waals surface area contributed by atoms with E-state index < -0.39 is 0 Å². The van der Waals surface area contributed by atoms with Crippen LogP contribution in [0.15, 0.2) is 24.3 Å². The number of nitrogens with two attached hydrogens (primary N) is 1. The number of anilines is 1. The number of morpholine rings is 1. The molecule has 0 aromatic heterocycles. The van der Waals surface area contributed by atoms with E-state index in [2.05, 4.69) is 15.5 Å². The lowest BCUT2D eigenvalue weighted by Crippen LogP contribution is -2.41. The molecule has 0 aliphatic carbocycles. The van der Waals surface area contributed by atoms with Crippen LogP contribution in [0.3, 0.4) is 0 Å². The predicted molar refractivity (Wildman–Crippen MR) is 97.5 cm³/mol. The van der Waals surface area contributed by atoms with Crippen molar-refractivity contribution in [3.63, 3.8) is 0 Å². The number of rotatable bonds is 8. The third kappa shape index (κ3) is 7.21. The monoisotopic (exact) mass is 348 g/mol. The molecule has 1 heterocycles. The fourth-order valence-corrected chi connectivity index (χ4v) is 2.54. The van der Waals surface area contributed by atoms with Crippen molar-refractivity contribution in [2.45, 2.75) is 25.8 Å². The van der Waals surface area contributed by atoms with E-state index >= 15 is 0 Å². The molecule has 4 N–H and O–H groups in total. The third-order valence-corrected chi connectivity index (χ3v) is 4.07. The van der Waals surface area contributed by atoms with Crippen molar-refractivity contribution in [1.29, 1.82) is 0 Å². The number of ether oxygens (including phenoxy) is 1. The summed E-state index contributed by atoms with van der Waals surface area (Å²) in [6.45, 7) is 6.63. The van der Waals surface area contributed by atoms with Gasteiger partial charge in [0.15, 0.2) is 0 Å². The summed E-state index contributed by atoms with van der Waals surface area (Å²) >= 11 is 0. The molecular weight excluding hydrogens is 320 g/mol. The Hall–Kier alpha value is -1.96. The van der Waals surface area contributed by atoms with Crippen molar-refractivity contribution < 1.29 is 14.3 Å². The van der Waals surface area contributed by atoms with Gasteiger partial charge in [-0.1, -0.05) is 0 Å². The maximum atomic E-state index is 12.1. The van der Waals surface area contributed by atoms with Gasteiger partial charge in [0.05, 0.1) is 13.2 Å². The first-order valence-corrected chi connectivity index (χ1v) is 8.78. The number of nitrogens with zero attached hydrogens (tertiary/aromatic N) is 1. The molecule has 1 aromatic rings. The van der Waals surface area contributed by atoms with Crippen LogP contribution >= 0.6 is 0 Å². The van der Waals surface area contributed by atoms with Crippen molar-refractivity contribution in [3.05, 3.63) is 29.8 Å². The summed E-state index contributed by atoms with van der Waals surface area (Å²) in [5, 5.41) is 5.72. The fraction of sp³-hybridized carbons (Fsp3) is 0.556. The van der Waals surface area contributed by atoms with Crippen molar-refractivity contribution in [2.75, 3.05) is 44.7 Å². The maximum absolute atomic E-state index is 12.1. The molecule has 0 saturated carbocycles. The Morgan fingerprint density at radius 1 is 1.24 bits per heavy atom. The number of hydrogen-bond acceptors (Lipinski definition) is 5. The Kier molecular flexibility index (Phi) is 7.84. The minimum absolute atomic E-state index is 0.00860. The molecule has 7 heteroatoms. The second kappa shape index (κ2) is 10.1. The normalized spacial score (nSPS) is 16.2. The summed E-state index contributed by atoms with van der Waals surface area (Å²) in [4.78, 5) is 26.2. The number of carbonyl (C=O) groups is 2. The van der Waals surface area contributed by atoms with Crippen LogP contribution in [0.25, 0.3) is 0 Å². The molecule has 1 aromatic carbocycles. The van der Waals surface area contributed by atoms with Gasteiger partial charge in [0, 0.05) is 49.9 Å². The SMILES string of the molecule is CC(N)CCC(=O)Nc1ccc(C(=O)NCCN2CCOCC2)cc1. The van der Waals surface area contributed by atoms with Gasteiger partial charge in [0.1, 0.15) is 0 Å². The Balaban J connectivity index is 1.72. The Labute approximate surface area is 148 Å². The van der Waals surface area contributed by atoms with Gasteiger partial charge in [0.2, 0.25) is 5.91 Å². The molecule has 1 unspecified atom stereocenters. The van der Waals surface area contributed by atoms with Crippen LogP contribution in [0.2, 0.25) is 0 Å². The van der Waals surface area contributed by atoms with Gasteiger partial charge < -0.3 is 21.1 Å². The Morgan fingerprint density at radius 2 is 1.92 bits per heavy atom. The first kappa shape index (κ1) is 19.4. The van der Waals surface area contributed by atoms with E-state index in [0.717, 1.165) is 32.8 Å². The van der Waals surface area contributed by atoms with E-state index in [-0.39, 0.29) is 17.9 Å². The lowest BCUT2D eigenvalue weighted by atomic mass is 10.1. The van der Waals surface area contributed by atoms with Crippen LogP contribution in [-0.2, 0) is 9.53 Å². The zero-order chi connectivity index (χ0) is 18.1. The summed E-state index contributed by atoms with van der Waals surface area (Å²) in [6, 6.07) is 6.91. The number of carbonyl (C=O) groups excluding carboxylic acids is 2. The van der Waals surface area contributed by atoms with Crippen LogP contribution in [0.1, 0.15) is 30.1 Å². The smallest absolute Gasteiger partial charge is 0.251 e. The molecule has 138 valence electrons. The highest BCUT2D eigenvalue weighted by Crippen LogP contribution is 2.10. The van der Waals surface area contributed by atoms with E-state index in [0.29, 0.717) is 30.6 Å². The van der Waals surface area contributed by atoms with Gasteiger partial charge in [-0.25, -0.2) is 0 Å². The second-order valence-corrected chi connectivity index (χ2v) is 6.35. The number of hydrogen-bond donors (Lipinski definition) is 3. The molecule has 2 rings (SSSR count). The van der Waals surface area contributed by atoms with E-state index in [9.17, 15) is 9.59 Å². The highest BCUT2D eigenvalue weighted by atomic mass is 16.5. The highest BCUT2D eigenvalue weighted by Gasteiger charge is 2.11. The van der Waals surface area contributed by atoms with Crippen molar-refractivity contribution in [3.8, 4) is 0 Å². The molecule has 1 atom stereocenters. The van der Waals surface area contributed by atoms with Crippen LogP contribution in [0.5, 0.6) is 0 Å². The van der Waals surface area contributed by atoms with Crippen molar-refractivity contribution in [1.82, 2.24) is 10.2 Å². The maximum Gasteiger partial charge on any atom is 0.251 e. The van der Waals surface area contributed by atoms with Crippen LogP contribution in [0.4, 0.5) is 5.69 Å². The van der Waals surface area contributed by atoms with E-state index in [1.807, 2.05) is 6.92 Å². The predicted octanol–water partition coefficient (Wildman–Crippen LogP) is 0.815. The molecule has 2 amide bonds. The Morgan fingerprint density at radius 3 is 2.56 bits per heavy atom. The summed E-state index contributed by atoms with van der Waals surface area (Å²) < 4.78 is 5.30. The molecule has 1 aliphatic rings. The zero-order valence-corrected chi connectivity index (χ0v) is 14.8. The summed E-state index contributed by atoms with van der Waals surface area (Å²) in [7, 11) is 0. The summed E-state index contributed by atoms with van der Waals surface area (Å²) in [6.07, 6.45) is 1.04. The van der Waals surface area contributed by atoms with Crippen molar-refractivity contribution in [2.24, 2.45) is 5.73 Å². The van der Waals surface area contributed by atoms with Gasteiger partial charge >= 0.3 is 0 Å². The summed E-state index contributed by atoms with van der Waals surface area (Å²) in [5.74, 6) is -0.178. The quantitative estimate of drug-likeness (QED) is 0.646. The lowest BCUT2D eigenvalue weighted by molar-refractivity contribution is -0.116. The Bertz CT molecular complexity index is 554. The highest BCUT2D eigenvalue weighted by molar-refractivity contribution is 5.95. The molecule has 7 nitrogen and oxygen atoms in total. The lowest BCUT2D eigenvalue weighted by Gasteiger charge is -2.26. The molecule has 25 heavy (non-hydrogen) atoms. The van der Waals surface area contributed by atoms with Gasteiger partial charge in [-0.15, -0.1) is 0 Å². The van der Waals surface area contributed by atoms with Gasteiger partial charge in [-0.3, -0.25) is 14.5 Å². The summed E-state index contributed by atoms with van der Waals surface area (Å²) in [5.41, 5.74) is 6.90. The van der Waals surface area contributed by atoms with E-state index in [4.69, 9.17) is 10.5 Å².